The van der Waals surface area contributed by atoms with Crippen LogP contribution < -0.4 is 0 Å². The lowest BCUT2D eigenvalue weighted by molar-refractivity contribution is 0.0649. The van der Waals surface area contributed by atoms with E-state index in [2.05, 4.69) is 34.6 Å². The molecule has 0 aromatic rings. The Balaban J connectivity index is 4.04. The molecule has 0 heterocycles. The van der Waals surface area contributed by atoms with Gasteiger partial charge in [0.2, 0.25) is 0 Å². The summed E-state index contributed by atoms with van der Waals surface area (Å²) in [5.74, 6) is 0.800. The van der Waals surface area contributed by atoms with Crippen LogP contribution in [-0.4, -0.2) is 28.6 Å². The highest BCUT2D eigenvalue weighted by atomic mass is 28.4. The Bertz CT molecular complexity index is 279. The fraction of sp³-hybridized carbons (Fsp3) is 1.00. The van der Waals surface area contributed by atoms with Gasteiger partial charge in [0, 0.05) is 25.9 Å². The number of unbranched alkanes of at least 4 members (excludes halogenated alkanes) is 9. The van der Waals surface area contributed by atoms with Crippen LogP contribution in [0, 0.1) is 5.92 Å². The van der Waals surface area contributed by atoms with E-state index in [1.807, 2.05) is 0 Å². The molecule has 0 aromatic heterocycles. The van der Waals surface area contributed by atoms with E-state index in [4.69, 9.17) is 13.3 Å². The summed E-state index contributed by atoms with van der Waals surface area (Å²) < 4.78 is 18.4. The molecule has 0 atom stereocenters. The monoisotopic (exact) mass is 388 g/mol. The highest BCUT2D eigenvalue weighted by Gasteiger charge is 2.39. The Labute approximate surface area is 165 Å². The third kappa shape index (κ3) is 15.2. The largest absolute Gasteiger partial charge is 0.500 e. The van der Waals surface area contributed by atoms with Crippen LogP contribution in [0.4, 0.5) is 0 Å². The van der Waals surface area contributed by atoms with Crippen molar-refractivity contribution in [2.24, 2.45) is 5.92 Å². The van der Waals surface area contributed by atoms with Crippen LogP contribution in [0.2, 0.25) is 6.04 Å². The van der Waals surface area contributed by atoms with Crippen LogP contribution in [0.1, 0.15) is 112 Å². The summed E-state index contributed by atoms with van der Waals surface area (Å²) in [6.45, 7) is 13.2. The van der Waals surface area contributed by atoms with Crippen LogP contribution in [0.15, 0.2) is 0 Å². The van der Waals surface area contributed by atoms with Crippen molar-refractivity contribution in [1.29, 1.82) is 0 Å². The highest BCUT2D eigenvalue weighted by Crippen LogP contribution is 2.22. The molecule has 0 amide bonds. The van der Waals surface area contributed by atoms with Gasteiger partial charge in [-0.3, -0.25) is 0 Å². The lowest BCUT2D eigenvalue weighted by atomic mass is 10.1. The zero-order valence-corrected chi connectivity index (χ0v) is 19.6. The molecular formula is C22H48O3Si. The van der Waals surface area contributed by atoms with Crippen LogP contribution >= 0.6 is 0 Å². The van der Waals surface area contributed by atoms with Crippen molar-refractivity contribution in [3.8, 4) is 0 Å². The van der Waals surface area contributed by atoms with Gasteiger partial charge in [-0.25, -0.2) is 0 Å². The number of hydrogen-bond acceptors (Lipinski definition) is 3. The van der Waals surface area contributed by atoms with Gasteiger partial charge in [0.25, 0.3) is 0 Å². The van der Waals surface area contributed by atoms with Gasteiger partial charge in [-0.05, 0) is 32.6 Å². The molecule has 0 spiro atoms. The van der Waals surface area contributed by atoms with Crippen molar-refractivity contribution < 1.29 is 13.3 Å². The molecule has 3 nitrogen and oxygen atoms in total. The standard InChI is InChI=1S/C22H48O3Si/c1-6-9-10-11-12-13-14-17-20-25-26(23-7-2,24-8-3)21-18-15-16-19-22(4)5/h22H,6-21H2,1-5H3. The summed E-state index contributed by atoms with van der Waals surface area (Å²) in [6, 6.07) is 0.976. The maximum Gasteiger partial charge on any atom is 0.500 e. The summed E-state index contributed by atoms with van der Waals surface area (Å²) in [5, 5.41) is 0. The molecule has 0 radical (unpaired) electrons. The van der Waals surface area contributed by atoms with Crippen LogP contribution in [0.25, 0.3) is 0 Å². The quantitative estimate of drug-likeness (QED) is 0.161. The van der Waals surface area contributed by atoms with Gasteiger partial charge >= 0.3 is 8.80 Å². The summed E-state index contributed by atoms with van der Waals surface area (Å²) in [6.07, 6.45) is 15.6. The molecule has 0 rings (SSSR count). The minimum atomic E-state index is -2.46. The van der Waals surface area contributed by atoms with Crippen LogP contribution in [-0.2, 0) is 13.3 Å². The summed E-state index contributed by atoms with van der Waals surface area (Å²) in [5.41, 5.74) is 0. The Hall–Kier alpha value is 0.0969. The molecule has 4 heteroatoms. The summed E-state index contributed by atoms with van der Waals surface area (Å²) >= 11 is 0. The topological polar surface area (TPSA) is 27.7 Å². The van der Waals surface area contributed by atoms with Crippen molar-refractivity contribution in [3.63, 3.8) is 0 Å². The Kier molecular flexibility index (Phi) is 18.5. The fourth-order valence-electron chi connectivity index (χ4n) is 3.32. The van der Waals surface area contributed by atoms with Crippen molar-refractivity contribution in [1.82, 2.24) is 0 Å². The normalized spacial score (nSPS) is 12.2. The van der Waals surface area contributed by atoms with E-state index >= 15 is 0 Å². The minimum Gasteiger partial charge on any atom is -0.374 e. The second-order valence-electron chi connectivity index (χ2n) is 7.87. The maximum absolute atomic E-state index is 6.28. The molecular weight excluding hydrogens is 340 g/mol. The molecule has 26 heavy (non-hydrogen) atoms. The summed E-state index contributed by atoms with van der Waals surface area (Å²) in [4.78, 5) is 0. The molecule has 0 aromatic carbocycles. The van der Waals surface area contributed by atoms with Gasteiger partial charge in [-0.1, -0.05) is 85.0 Å². The molecule has 0 aliphatic heterocycles. The molecule has 0 fully saturated rings. The van der Waals surface area contributed by atoms with E-state index in [9.17, 15) is 0 Å². The predicted molar refractivity (Wildman–Crippen MR) is 116 cm³/mol. The highest BCUT2D eigenvalue weighted by molar-refractivity contribution is 6.60. The van der Waals surface area contributed by atoms with E-state index < -0.39 is 8.80 Å². The molecule has 0 saturated carbocycles. The third-order valence-corrected chi connectivity index (χ3v) is 7.88. The zero-order chi connectivity index (χ0) is 19.5. The van der Waals surface area contributed by atoms with Crippen LogP contribution in [0.3, 0.4) is 0 Å². The average molecular weight is 389 g/mol. The van der Waals surface area contributed by atoms with Crippen LogP contribution in [0.5, 0.6) is 0 Å². The Morgan fingerprint density at radius 3 is 1.69 bits per heavy atom. The Morgan fingerprint density at radius 2 is 1.15 bits per heavy atom. The molecule has 0 aliphatic rings. The third-order valence-electron chi connectivity index (χ3n) is 4.81. The lowest BCUT2D eigenvalue weighted by Crippen LogP contribution is -2.46. The smallest absolute Gasteiger partial charge is 0.374 e. The van der Waals surface area contributed by atoms with Gasteiger partial charge < -0.3 is 13.3 Å². The molecule has 0 bridgehead atoms. The lowest BCUT2D eigenvalue weighted by Gasteiger charge is -2.29. The molecule has 0 saturated heterocycles. The zero-order valence-electron chi connectivity index (χ0n) is 18.6. The number of rotatable bonds is 20. The van der Waals surface area contributed by atoms with Crippen molar-refractivity contribution >= 4 is 8.80 Å². The van der Waals surface area contributed by atoms with E-state index in [0.29, 0.717) is 13.2 Å². The fourth-order valence-corrected chi connectivity index (χ4v) is 6.02. The number of hydrogen-bond donors (Lipinski definition) is 0. The SMILES string of the molecule is CCCCCCCCCCO[Si](CCCCCC(C)C)(OCC)OCC. The summed E-state index contributed by atoms with van der Waals surface area (Å²) in [7, 11) is -2.46. The predicted octanol–water partition coefficient (Wildman–Crippen LogP) is 7.37. The first-order valence-electron chi connectivity index (χ1n) is 11.5. The minimum absolute atomic E-state index is 0.690. The second kappa shape index (κ2) is 18.5. The van der Waals surface area contributed by atoms with Crippen molar-refractivity contribution in [3.05, 3.63) is 0 Å². The van der Waals surface area contributed by atoms with E-state index in [1.54, 1.807) is 0 Å². The van der Waals surface area contributed by atoms with Gasteiger partial charge in [0.05, 0.1) is 0 Å². The van der Waals surface area contributed by atoms with Gasteiger partial charge in [-0.2, -0.15) is 0 Å². The van der Waals surface area contributed by atoms with Gasteiger partial charge in [0.15, 0.2) is 0 Å². The molecule has 0 aliphatic carbocycles. The molecule has 0 unspecified atom stereocenters. The van der Waals surface area contributed by atoms with Crippen molar-refractivity contribution in [2.75, 3.05) is 19.8 Å². The van der Waals surface area contributed by atoms with Crippen molar-refractivity contribution in [2.45, 2.75) is 118 Å². The van der Waals surface area contributed by atoms with Gasteiger partial charge in [-0.15, -0.1) is 0 Å². The first-order chi connectivity index (χ1) is 12.6. The Morgan fingerprint density at radius 1 is 0.615 bits per heavy atom. The van der Waals surface area contributed by atoms with E-state index in [1.165, 1.54) is 64.2 Å². The second-order valence-corrected chi connectivity index (χ2v) is 10.6. The first-order valence-corrected chi connectivity index (χ1v) is 13.4. The molecule has 158 valence electrons. The molecule has 0 N–H and O–H groups in total. The first kappa shape index (κ1) is 26.1. The maximum atomic E-state index is 6.28. The van der Waals surface area contributed by atoms with E-state index in [-0.39, 0.29) is 0 Å². The van der Waals surface area contributed by atoms with Gasteiger partial charge in [0.1, 0.15) is 0 Å². The van der Waals surface area contributed by atoms with E-state index in [0.717, 1.165) is 31.4 Å². The average Bonchev–Trinajstić information content (AvgIpc) is 2.60.